The quantitative estimate of drug-likeness (QED) is 0.808. The van der Waals surface area contributed by atoms with Crippen molar-refractivity contribution in [3.05, 3.63) is 34.9 Å². The fourth-order valence-electron chi connectivity index (χ4n) is 2.01. The molecule has 0 radical (unpaired) electrons. The standard InChI is InChI=1S/C16H24N2/c1-16(2,3)15-11-13(6-4-5-8-17)10-14(12-15)7-9-18/h10-12H,4-8,17H2,1-3H3. The van der Waals surface area contributed by atoms with Crippen LogP contribution in [0.15, 0.2) is 18.2 Å². The number of hydrogen-bond donors (Lipinski definition) is 1. The maximum atomic E-state index is 8.85. The molecule has 1 rings (SSSR count). The summed E-state index contributed by atoms with van der Waals surface area (Å²) in [7, 11) is 0. The average molecular weight is 244 g/mol. The number of rotatable bonds is 5. The molecule has 0 aliphatic rings. The fourth-order valence-corrected chi connectivity index (χ4v) is 2.01. The lowest BCUT2D eigenvalue weighted by molar-refractivity contribution is 0.588. The smallest absolute Gasteiger partial charge is 0.0669 e. The molecular formula is C16H24N2. The molecule has 0 aromatic heterocycles. The average Bonchev–Trinajstić information content (AvgIpc) is 2.28. The van der Waals surface area contributed by atoms with Crippen LogP contribution in [0.5, 0.6) is 0 Å². The van der Waals surface area contributed by atoms with Crippen LogP contribution < -0.4 is 5.73 Å². The van der Waals surface area contributed by atoms with E-state index >= 15 is 0 Å². The highest BCUT2D eigenvalue weighted by atomic mass is 14.5. The van der Waals surface area contributed by atoms with E-state index in [-0.39, 0.29) is 5.41 Å². The Hall–Kier alpha value is -1.33. The molecule has 0 aliphatic heterocycles. The molecule has 2 nitrogen and oxygen atoms in total. The number of nitrogens with zero attached hydrogens (tertiary/aromatic N) is 1. The molecule has 0 spiro atoms. The summed E-state index contributed by atoms with van der Waals surface area (Å²) < 4.78 is 0. The zero-order valence-electron chi connectivity index (χ0n) is 11.8. The Labute approximate surface area is 111 Å². The van der Waals surface area contributed by atoms with Crippen molar-refractivity contribution in [2.24, 2.45) is 5.73 Å². The number of benzene rings is 1. The number of unbranched alkanes of at least 4 members (excludes halogenated alkanes) is 1. The van der Waals surface area contributed by atoms with Crippen LogP contribution in [0.3, 0.4) is 0 Å². The number of nitrogens with two attached hydrogens (primary N) is 1. The van der Waals surface area contributed by atoms with Gasteiger partial charge in [-0.05, 0) is 47.9 Å². The molecule has 2 heteroatoms. The molecule has 18 heavy (non-hydrogen) atoms. The third-order valence-electron chi connectivity index (χ3n) is 3.12. The second-order valence-corrected chi connectivity index (χ2v) is 5.87. The Morgan fingerprint density at radius 1 is 1.11 bits per heavy atom. The van der Waals surface area contributed by atoms with Crippen LogP contribution in [-0.2, 0) is 18.3 Å². The molecule has 0 fully saturated rings. The van der Waals surface area contributed by atoms with Crippen LogP contribution >= 0.6 is 0 Å². The van der Waals surface area contributed by atoms with Crippen LogP contribution in [0.4, 0.5) is 0 Å². The van der Waals surface area contributed by atoms with Crippen molar-refractivity contribution in [1.82, 2.24) is 0 Å². The zero-order chi connectivity index (χ0) is 13.6. The van der Waals surface area contributed by atoms with E-state index in [1.165, 1.54) is 11.1 Å². The molecule has 0 saturated heterocycles. The van der Waals surface area contributed by atoms with Crippen LogP contribution in [0, 0.1) is 11.3 Å². The molecule has 0 aliphatic carbocycles. The fraction of sp³-hybridized carbons (Fsp3) is 0.562. The first kappa shape index (κ1) is 14.7. The number of aryl methyl sites for hydroxylation is 1. The first-order chi connectivity index (χ1) is 8.47. The van der Waals surface area contributed by atoms with Crippen LogP contribution in [0.1, 0.15) is 50.3 Å². The lowest BCUT2D eigenvalue weighted by Crippen LogP contribution is -2.12. The van der Waals surface area contributed by atoms with Gasteiger partial charge in [0, 0.05) is 0 Å². The van der Waals surface area contributed by atoms with Crippen molar-refractivity contribution in [3.63, 3.8) is 0 Å². The number of hydrogen-bond acceptors (Lipinski definition) is 2. The molecule has 1 aromatic rings. The van der Waals surface area contributed by atoms with Gasteiger partial charge in [0.05, 0.1) is 12.5 Å². The van der Waals surface area contributed by atoms with E-state index in [0.29, 0.717) is 6.42 Å². The van der Waals surface area contributed by atoms with E-state index in [4.69, 9.17) is 11.0 Å². The normalized spacial score (nSPS) is 11.3. The van der Waals surface area contributed by atoms with Crippen LogP contribution in [-0.4, -0.2) is 6.54 Å². The summed E-state index contributed by atoms with van der Waals surface area (Å²) in [6.07, 6.45) is 3.73. The van der Waals surface area contributed by atoms with Gasteiger partial charge in [-0.2, -0.15) is 5.26 Å². The van der Waals surface area contributed by atoms with Gasteiger partial charge in [-0.15, -0.1) is 0 Å². The lowest BCUT2D eigenvalue weighted by atomic mass is 9.84. The monoisotopic (exact) mass is 244 g/mol. The molecule has 0 bridgehead atoms. The summed E-state index contributed by atoms with van der Waals surface area (Å²) in [6.45, 7) is 7.39. The van der Waals surface area contributed by atoms with Gasteiger partial charge in [0.2, 0.25) is 0 Å². The Morgan fingerprint density at radius 2 is 1.78 bits per heavy atom. The van der Waals surface area contributed by atoms with Crippen molar-refractivity contribution in [2.75, 3.05) is 6.54 Å². The molecular weight excluding hydrogens is 220 g/mol. The maximum Gasteiger partial charge on any atom is 0.0669 e. The third-order valence-corrected chi connectivity index (χ3v) is 3.12. The predicted octanol–water partition coefficient (Wildman–Crippen LogP) is 3.33. The van der Waals surface area contributed by atoms with Gasteiger partial charge in [0.15, 0.2) is 0 Å². The molecule has 0 amide bonds. The van der Waals surface area contributed by atoms with E-state index < -0.39 is 0 Å². The summed E-state index contributed by atoms with van der Waals surface area (Å²) in [5, 5.41) is 8.85. The largest absolute Gasteiger partial charge is 0.330 e. The summed E-state index contributed by atoms with van der Waals surface area (Å²) in [5.74, 6) is 0. The first-order valence-corrected chi connectivity index (χ1v) is 6.67. The highest BCUT2D eigenvalue weighted by Crippen LogP contribution is 2.25. The zero-order valence-corrected chi connectivity index (χ0v) is 11.8. The summed E-state index contributed by atoms with van der Waals surface area (Å²) >= 11 is 0. The summed E-state index contributed by atoms with van der Waals surface area (Å²) in [5.41, 5.74) is 9.44. The Bertz CT molecular complexity index is 422. The predicted molar refractivity (Wildman–Crippen MR) is 76.5 cm³/mol. The Morgan fingerprint density at radius 3 is 2.33 bits per heavy atom. The summed E-state index contributed by atoms with van der Waals surface area (Å²) in [4.78, 5) is 0. The molecule has 1 aromatic carbocycles. The van der Waals surface area contributed by atoms with E-state index in [0.717, 1.165) is 31.4 Å². The van der Waals surface area contributed by atoms with Gasteiger partial charge in [-0.3, -0.25) is 0 Å². The highest BCUT2D eigenvalue weighted by Gasteiger charge is 2.15. The maximum absolute atomic E-state index is 8.85. The molecule has 0 unspecified atom stereocenters. The third kappa shape index (κ3) is 4.50. The molecule has 0 saturated carbocycles. The second-order valence-electron chi connectivity index (χ2n) is 5.87. The molecule has 2 N–H and O–H groups in total. The van der Waals surface area contributed by atoms with Gasteiger partial charge < -0.3 is 5.73 Å². The SMILES string of the molecule is CC(C)(C)c1cc(CC#N)cc(CCCCN)c1. The van der Waals surface area contributed by atoms with Crippen molar-refractivity contribution in [1.29, 1.82) is 5.26 Å². The van der Waals surface area contributed by atoms with Crippen LogP contribution in [0.25, 0.3) is 0 Å². The minimum Gasteiger partial charge on any atom is -0.330 e. The van der Waals surface area contributed by atoms with Crippen molar-refractivity contribution < 1.29 is 0 Å². The van der Waals surface area contributed by atoms with Gasteiger partial charge >= 0.3 is 0 Å². The van der Waals surface area contributed by atoms with Crippen molar-refractivity contribution in [3.8, 4) is 6.07 Å². The Balaban J connectivity index is 2.96. The van der Waals surface area contributed by atoms with Crippen molar-refractivity contribution >= 4 is 0 Å². The highest BCUT2D eigenvalue weighted by molar-refractivity contribution is 5.35. The van der Waals surface area contributed by atoms with E-state index in [1.807, 2.05) is 0 Å². The van der Waals surface area contributed by atoms with Crippen molar-refractivity contribution in [2.45, 2.75) is 51.9 Å². The molecule has 0 atom stereocenters. The first-order valence-electron chi connectivity index (χ1n) is 6.67. The second kappa shape index (κ2) is 6.56. The molecule has 98 valence electrons. The van der Waals surface area contributed by atoms with E-state index in [9.17, 15) is 0 Å². The van der Waals surface area contributed by atoms with E-state index in [2.05, 4.69) is 45.0 Å². The summed E-state index contributed by atoms with van der Waals surface area (Å²) in [6, 6.07) is 8.84. The van der Waals surface area contributed by atoms with Gasteiger partial charge in [0.1, 0.15) is 0 Å². The topological polar surface area (TPSA) is 49.8 Å². The van der Waals surface area contributed by atoms with Gasteiger partial charge in [-0.1, -0.05) is 39.0 Å². The lowest BCUT2D eigenvalue weighted by Gasteiger charge is -2.21. The molecule has 0 heterocycles. The minimum absolute atomic E-state index is 0.133. The number of nitriles is 1. The van der Waals surface area contributed by atoms with Crippen LogP contribution in [0.2, 0.25) is 0 Å². The minimum atomic E-state index is 0.133. The van der Waals surface area contributed by atoms with Gasteiger partial charge in [-0.25, -0.2) is 0 Å². The van der Waals surface area contributed by atoms with Gasteiger partial charge in [0.25, 0.3) is 0 Å². The van der Waals surface area contributed by atoms with E-state index in [1.54, 1.807) is 0 Å². The Kier molecular flexibility index (Phi) is 5.37.